The molecule has 6 heteroatoms. The van der Waals surface area contributed by atoms with Crippen LogP contribution in [0.25, 0.3) is 0 Å². The van der Waals surface area contributed by atoms with Crippen LogP contribution >= 0.6 is 0 Å². The Morgan fingerprint density at radius 3 is 0.782 bits per heavy atom. The lowest BCUT2D eigenvalue weighted by molar-refractivity contribution is -0.167. The van der Waals surface area contributed by atoms with Gasteiger partial charge in [0.25, 0.3) is 0 Å². The topological polar surface area (TPSA) is 78.9 Å². The molecule has 0 radical (unpaired) electrons. The Bertz CT molecular complexity index is 852. The molecule has 326 valence electrons. The van der Waals surface area contributed by atoms with Gasteiger partial charge in [0.2, 0.25) is 0 Å². The summed E-state index contributed by atoms with van der Waals surface area (Å²) in [7, 11) is 0. The van der Waals surface area contributed by atoms with Crippen molar-refractivity contribution in [1.29, 1.82) is 0 Å². The summed E-state index contributed by atoms with van der Waals surface area (Å²) in [6.45, 7) is 13.6. The van der Waals surface area contributed by atoms with Gasteiger partial charge in [-0.05, 0) is 37.0 Å². The molecule has 0 rings (SSSR count). The van der Waals surface area contributed by atoms with E-state index in [-0.39, 0.29) is 31.1 Å². The summed E-state index contributed by atoms with van der Waals surface area (Å²) in [4.78, 5) is 37.7. The molecular weight excluding hydrogens is 685 g/mol. The molecular formula is C49H94O6. The number of ether oxygens (including phenoxy) is 3. The fourth-order valence-corrected chi connectivity index (χ4v) is 7.23. The molecule has 6 nitrogen and oxygen atoms in total. The first-order chi connectivity index (χ1) is 26.6. The number of hydrogen-bond acceptors (Lipinski definition) is 6. The Balaban J connectivity index is 4.25. The minimum atomic E-state index is -0.762. The fourth-order valence-electron chi connectivity index (χ4n) is 7.23. The van der Waals surface area contributed by atoms with Crippen LogP contribution in [0.5, 0.6) is 0 Å². The lowest BCUT2D eigenvalue weighted by atomic mass is 10.0. The van der Waals surface area contributed by atoms with E-state index in [1.807, 2.05) is 0 Å². The molecule has 55 heavy (non-hydrogen) atoms. The van der Waals surface area contributed by atoms with Crippen molar-refractivity contribution in [3.05, 3.63) is 0 Å². The van der Waals surface area contributed by atoms with Crippen molar-refractivity contribution < 1.29 is 28.6 Å². The quantitative estimate of drug-likeness (QED) is 0.0349. The Labute approximate surface area is 342 Å². The third kappa shape index (κ3) is 43.4. The van der Waals surface area contributed by atoms with Gasteiger partial charge in [-0.25, -0.2) is 0 Å². The maximum atomic E-state index is 12.7. The molecule has 0 amide bonds. The summed E-state index contributed by atoms with van der Waals surface area (Å²) >= 11 is 0. The minimum Gasteiger partial charge on any atom is -0.462 e. The van der Waals surface area contributed by atoms with Gasteiger partial charge in [0.1, 0.15) is 13.2 Å². The van der Waals surface area contributed by atoms with E-state index in [0.717, 1.165) is 75.5 Å². The van der Waals surface area contributed by atoms with Crippen molar-refractivity contribution in [2.75, 3.05) is 13.2 Å². The van der Waals surface area contributed by atoms with E-state index in [1.54, 1.807) is 0 Å². The van der Waals surface area contributed by atoms with Gasteiger partial charge in [-0.15, -0.1) is 0 Å². The average molecular weight is 779 g/mol. The molecule has 0 saturated heterocycles. The predicted molar refractivity (Wildman–Crippen MR) is 233 cm³/mol. The highest BCUT2D eigenvalue weighted by Gasteiger charge is 2.19. The standard InChI is InChI=1S/C49H94O6/c1-43(2)35-29-23-17-13-11-9-7-8-10-12-14-19-26-32-38-47(50)53-41-46(55-49(52)40-34-28-22-21-25-31-37-45(5)6)42-54-48(51)39-33-27-20-16-15-18-24-30-36-44(3)4/h43-46H,7-42H2,1-6H3/t46-/m0/s1. The Kier molecular flexibility index (Phi) is 39.4. The molecule has 0 aliphatic carbocycles. The summed E-state index contributed by atoms with van der Waals surface area (Å²) < 4.78 is 16.7. The van der Waals surface area contributed by atoms with Crippen LogP contribution in [0.4, 0.5) is 0 Å². The van der Waals surface area contributed by atoms with Gasteiger partial charge in [-0.3, -0.25) is 14.4 Å². The van der Waals surface area contributed by atoms with Crippen LogP contribution < -0.4 is 0 Å². The largest absolute Gasteiger partial charge is 0.462 e. The Morgan fingerprint density at radius 2 is 0.527 bits per heavy atom. The molecule has 0 N–H and O–H groups in total. The molecule has 0 aromatic carbocycles. The summed E-state index contributed by atoms with van der Waals surface area (Å²) in [6.07, 6.45) is 38.2. The van der Waals surface area contributed by atoms with Crippen LogP contribution in [0, 0.1) is 17.8 Å². The van der Waals surface area contributed by atoms with Gasteiger partial charge in [-0.2, -0.15) is 0 Å². The molecule has 0 saturated carbocycles. The lowest BCUT2D eigenvalue weighted by Crippen LogP contribution is -2.30. The van der Waals surface area contributed by atoms with Crippen molar-refractivity contribution in [3.63, 3.8) is 0 Å². The fraction of sp³-hybridized carbons (Fsp3) is 0.939. The molecule has 0 aromatic rings. The summed E-state index contributed by atoms with van der Waals surface area (Å²) in [5, 5.41) is 0. The number of carbonyl (C=O) groups is 3. The van der Waals surface area contributed by atoms with Gasteiger partial charge in [0.05, 0.1) is 0 Å². The van der Waals surface area contributed by atoms with Gasteiger partial charge >= 0.3 is 17.9 Å². The highest BCUT2D eigenvalue weighted by Crippen LogP contribution is 2.17. The van der Waals surface area contributed by atoms with Crippen molar-refractivity contribution in [2.45, 2.75) is 266 Å². The van der Waals surface area contributed by atoms with Gasteiger partial charge < -0.3 is 14.2 Å². The van der Waals surface area contributed by atoms with E-state index in [2.05, 4.69) is 41.5 Å². The highest BCUT2D eigenvalue weighted by molar-refractivity contribution is 5.71. The van der Waals surface area contributed by atoms with E-state index in [0.29, 0.717) is 19.3 Å². The van der Waals surface area contributed by atoms with Crippen molar-refractivity contribution in [3.8, 4) is 0 Å². The molecule has 0 fully saturated rings. The molecule has 0 unspecified atom stereocenters. The minimum absolute atomic E-state index is 0.0665. The normalized spacial score (nSPS) is 12.2. The van der Waals surface area contributed by atoms with E-state index in [4.69, 9.17) is 14.2 Å². The zero-order valence-electron chi connectivity index (χ0n) is 37.7. The average Bonchev–Trinajstić information content (AvgIpc) is 3.13. The first-order valence-electron chi connectivity index (χ1n) is 24.1. The zero-order valence-corrected chi connectivity index (χ0v) is 37.7. The van der Waals surface area contributed by atoms with Crippen molar-refractivity contribution in [1.82, 2.24) is 0 Å². The lowest BCUT2D eigenvalue weighted by Gasteiger charge is -2.18. The second kappa shape index (κ2) is 40.6. The molecule has 0 spiro atoms. The van der Waals surface area contributed by atoms with Crippen molar-refractivity contribution in [2.24, 2.45) is 17.8 Å². The number of unbranched alkanes of at least 4 members (excludes halogenated alkanes) is 25. The first kappa shape index (κ1) is 53.4. The van der Waals surface area contributed by atoms with Crippen molar-refractivity contribution >= 4 is 17.9 Å². The maximum absolute atomic E-state index is 12.7. The van der Waals surface area contributed by atoms with E-state index in [9.17, 15) is 14.4 Å². The van der Waals surface area contributed by atoms with E-state index >= 15 is 0 Å². The number of esters is 3. The molecule has 0 aliphatic rings. The first-order valence-corrected chi connectivity index (χ1v) is 24.1. The number of carbonyl (C=O) groups excluding carboxylic acids is 3. The SMILES string of the molecule is CC(C)CCCCCCCCCCCCCCCCC(=O)OC[C@@H](COC(=O)CCCCCCCCCCC(C)C)OC(=O)CCCCCCCCC(C)C. The second-order valence-corrected chi connectivity index (χ2v) is 18.2. The van der Waals surface area contributed by atoms with E-state index < -0.39 is 6.10 Å². The van der Waals surface area contributed by atoms with E-state index in [1.165, 1.54) is 141 Å². The van der Waals surface area contributed by atoms with Gasteiger partial charge in [0.15, 0.2) is 6.10 Å². The van der Waals surface area contributed by atoms with Crippen LogP contribution in [-0.2, 0) is 28.6 Å². The third-order valence-electron chi connectivity index (χ3n) is 10.9. The molecule has 0 aliphatic heterocycles. The smallest absolute Gasteiger partial charge is 0.306 e. The Morgan fingerprint density at radius 1 is 0.309 bits per heavy atom. The second-order valence-electron chi connectivity index (χ2n) is 18.2. The third-order valence-corrected chi connectivity index (χ3v) is 10.9. The van der Waals surface area contributed by atoms with Crippen LogP contribution in [0.15, 0.2) is 0 Å². The summed E-state index contributed by atoms with van der Waals surface area (Å²) in [6, 6.07) is 0. The molecule has 0 heterocycles. The van der Waals surface area contributed by atoms with Gasteiger partial charge in [0, 0.05) is 19.3 Å². The summed E-state index contributed by atoms with van der Waals surface area (Å²) in [5.74, 6) is 1.54. The maximum Gasteiger partial charge on any atom is 0.306 e. The highest BCUT2D eigenvalue weighted by atomic mass is 16.6. The molecule has 1 atom stereocenters. The molecule has 0 bridgehead atoms. The number of hydrogen-bond donors (Lipinski definition) is 0. The predicted octanol–water partition coefficient (Wildman–Crippen LogP) is 15.2. The van der Waals surface area contributed by atoms with Crippen LogP contribution in [0.3, 0.4) is 0 Å². The molecule has 0 aromatic heterocycles. The zero-order chi connectivity index (χ0) is 40.6. The van der Waals surface area contributed by atoms with Gasteiger partial charge in [-0.1, -0.05) is 221 Å². The monoisotopic (exact) mass is 779 g/mol. The van der Waals surface area contributed by atoms with Crippen LogP contribution in [-0.4, -0.2) is 37.2 Å². The number of rotatable bonds is 42. The van der Waals surface area contributed by atoms with Crippen LogP contribution in [0.2, 0.25) is 0 Å². The Hall–Kier alpha value is -1.59. The summed E-state index contributed by atoms with van der Waals surface area (Å²) in [5.41, 5.74) is 0. The van der Waals surface area contributed by atoms with Crippen LogP contribution in [0.1, 0.15) is 260 Å².